The number of rotatable bonds is 8. The summed E-state index contributed by atoms with van der Waals surface area (Å²) in [7, 11) is 0. The Balaban J connectivity index is 0. The van der Waals surface area contributed by atoms with E-state index in [0.29, 0.717) is 6.42 Å². The van der Waals surface area contributed by atoms with Crippen molar-refractivity contribution in [2.45, 2.75) is 58.3 Å². The molecule has 0 saturated carbocycles. The summed E-state index contributed by atoms with van der Waals surface area (Å²) in [6.07, 6.45) is 8.64. The standard InChI is InChI=1S/C10H20O2.Na.H/c1-2-3-4-5-6-7-8-9-10(11)12;;/h2-9H2,1H3,(H,11,12);;. The zero-order valence-electron chi connectivity index (χ0n) is 8.01. The molecule has 0 aliphatic carbocycles. The first-order valence-electron chi connectivity index (χ1n) is 4.99. The molecule has 2 nitrogen and oxygen atoms in total. The number of carboxylic acid groups (broad SMARTS) is 1. The first-order valence-corrected chi connectivity index (χ1v) is 4.99. The molecule has 0 aliphatic heterocycles. The van der Waals surface area contributed by atoms with E-state index in [2.05, 4.69) is 6.92 Å². The van der Waals surface area contributed by atoms with Gasteiger partial charge in [0.25, 0.3) is 0 Å². The molecule has 0 unspecified atom stereocenters. The van der Waals surface area contributed by atoms with E-state index in [9.17, 15) is 4.79 Å². The van der Waals surface area contributed by atoms with Crippen LogP contribution in [0, 0.1) is 0 Å². The Labute approximate surface area is 103 Å². The number of aliphatic carboxylic acids is 1. The number of carboxylic acids is 1. The van der Waals surface area contributed by atoms with Gasteiger partial charge in [-0.25, -0.2) is 0 Å². The zero-order valence-corrected chi connectivity index (χ0v) is 8.01. The second-order valence-electron chi connectivity index (χ2n) is 3.27. The summed E-state index contributed by atoms with van der Waals surface area (Å²) in [4.78, 5) is 10.1. The van der Waals surface area contributed by atoms with Gasteiger partial charge in [-0.1, -0.05) is 45.4 Å². The summed E-state index contributed by atoms with van der Waals surface area (Å²) in [5.74, 6) is -0.663. The number of unbranched alkanes of at least 4 members (excludes halogenated alkanes) is 6. The molecule has 0 saturated heterocycles. The second kappa shape index (κ2) is 12.5. The Kier molecular flexibility index (Phi) is 15.3. The molecular formula is C10H21NaO2. The molecule has 0 bridgehead atoms. The van der Waals surface area contributed by atoms with Gasteiger partial charge in [-0.2, -0.15) is 0 Å². The molecule has 0 rings (SSSR count). The van der Waals surface area contributed by atoms with Crippen molar-refractivity contribution >= 4 is 35.5 Å². The molecule has 1 N–H and O–H groups in total. The first kappa shape index (κ1) is 15.9. The topological polar surface area (TPSA) is 37.3 Å². The minimum absolute atomic E-state index is 0. The van der Waals surface area contributed by atoms with Gasteiger partial charge >= 0.3 is 35.5 Å². The molecule has 0 atom stereocenters. The van der Waals surface area contributed by atoms with Gasteiger partial charge in [0.2, 0.25) is 0 Å². The molecule has 0 spiro atoms. The van der Waals surface area contributed by atoms with Gasteiger partial charge < -0.3 is 5.11 Å². The van der Waals surface area contributed by atoms with E-state index in [0.717, 1.165) is 12.8 Å². The number of hydrogen-bond acceptors (Lipinski definition) is 1. The third-order valence-corrected chi connectivity index (χ3v) is 1.99. The van der Waals surface area contributed by atoms with E-state index in [1.165, 1.54) is 32.1 Å². The van der Waals surface area contributed by atoms with E-state index < -0.39 is 5.97 Å². The van der Waals surface area contributed by atoms with Gasteiger partial charge in [-0.05, 0) is 6.42 Å². The van der Waals surface area contributed by atoms with Crippen LogP contribution in [0.25, 0.3) is 0 Å². The molecule has 0 aromatic rings. The molecule has 3 heteroatoms. The Hall–Kier alpha value is 0.470. The summed E-state index contributed by atoms with van der Waals surface area (Å²) in [5, 5.41) is 8.35. The fourth-order valence-electron chi connectivity index (χ4n) is 1.23. The Morgan fingerprint density at radius 2 is 1.46 bits per heavy atom. The van der Waals surface area contributed by atoms with Crippen LogP contribution >= 0.6 is 0 Å². The monoisotopic (exact) mass is 196 g/mol. The molecule has 0 aromatic heterocycles. The first-order chi connectivity index (χ1) is 5.77. The van der Waals surface area contributed by atoms with Gasteiger partial charge in [0.15, 0.2) is 0 Å². The van der Waals surface area contributed by atoms with Crippen molar-refractivity contribution in [3.8, 4) is 0 Å². The molecular weight excluding hydrogens is 175 g/mol. The average Bonchev–Trinajstić information content (AvgIpc) is 2.02. The van der Waals surface area contributed by atoms with Crippen LogP contribution in [0.3, 0.4) is 0 Å². The van der Waals surface area contributed by atoms with E-state index in [4.69, 9.17) is 5.11 Å². The molecule has 74 valence electrons. The van der Waals surface area contributed by atoms with Gasteiger partial charge in [0.1, 0.15) is 0 Å². The fraction of sp³-hybridized carbons (Fsp3) is 0.900. The summed E-state index contributed by atoms with van der Waals surface area (Å²) < 4.78 is 0. The second-order valence-corrected chi connectivity index (χ2v) is 3.27. The van der Waals surface area contributed by atoms with Crippen molar-refractivity contribution in [2.75, 3.05) is 0 Å². The van der Waals surface area contributed by atoms with Crippen LogP contribution in [0.15, 0.2) is 0 Å². The summed E-state index contributed by atoms with van der Waals surface area (Å²) in [6, 6.07) is 0. The summed E-state index contributed by atoms with van der Waals surface area (Å²) in [5.41, 5.74) is 0. The van der Waals surface area contributed by atoms with E-state index >= 15 is 0 Å². The minimum atomic E-state index is -0.663. The maximum atomic E-state index is 10.1. The molecule has 0 radical (unpaired) electrons. The molecule has 0 heterocycles. The normalized spacial score (nSPS) is 9.31. The van der Waals surface area contributed by atoms with Crippen LogP contribution < -0.4 is 0 Å². The average molecular weight is 196 g/mol. The van der Waals surface area contributed by atoms with Crippen molar-refractivity contribution in [2.24, 2.45) is 0 Å². The van der Waals surface area contributed by atoms with Crippen LogP contribution in [0.5, 0.6) is 0 Å². The molecule has 0 fully saturated rings. The van der Waals surface area contributed by atoms with Gasteiger partial charge in [0.05, 0.1) is 0 Å². The van der Waals surface area contributed by atoms with Gasteiger partial charge in [-0.15, -0.1) is 0 Å². The van der Waals surface area contributed by atoms with E-state index in [1.54, 1.807) is 0 Å². The maximum absolute atomic E-state index is 10.1. The van der Waals surface area contributed by atoms with E-state index in [1.807, 2.05) is 0 Å². The third kappa shape index (κ3) is 15.2. The Morgan fingerprint density at radius 3 is 1.92 bits per heavy atom. The predicted octanol–water partition coefficient (Wildman–Crippen LogP) is 2.56. The number of carbonyl (C=O) groups is 1. The van der Waals surface area contributed by atoms with E-state index in [-0.39, 0.29) is 29.6 Å². The van der Waals surface area contributed by atoms with Gasteiger partial charge in [0, 0.05) is 6.42 Å². The zero-order chi connectivity index (χ0) is 9.23. The van der Waals surface area contributed by atoms with Crippen LogP contribution in [0.1, 0.15) is 58.3 Å². The Morgan fingerprint density at radius 1 is 1.00 bits per heavy atom. The van der Waals surface area contributed by atoms with Crippen LogP contribution in [0.2, 0.25) is 0 Å². The van der Waals surface area contributed by atoms with Crippen LogP contribution in [0.4, 0.5) is 0 Å². The molecule has 13 heavy (non-hydrogen) atoms. The van der Waals surface area contributed by atoms with Gasteiger partial charge in [-0.3, -0.25) is 4.79 Å². The molecule has 0 amide bonds. The third-order valence-electron chi connectivity index (χ3n) is 1.99. The summed E-state index contributed by atoms with van der Waals surface area (Å²) >= 11 is 0. The van der Waals surface area contributed by atoms with Crippen molar-refractivity contribution in [1.82, 2.24) is 0 Å². The van der Waals surface area contributed by atoms with Crippen LogP contribution in [-0.2, 0) is 4.79 Å². The predicted molar refractivity (Wildman–Crippen MR) is 57.4 cm³/mol. The quantitative estimate of drug-likeness (QED) is 0.478. The number of hydrogen-bond donors (Lipinski definition) is 1. The summed E-state index contributed by atoms with van der Waals surface area (Å²) in [6.45, 7) is 2.20. The molecule has 0 aliphatic rings. The Bertz CT molecular complexity index is 115. The fourth-order valence-corrected chi connectivity index (χ4v) is 1.23. The van der Waals surface area contributed by atoms with Crippen molar-refractivity contribution in [3.63, 3.8) is 0 Å². The SMILES string of the molecule is CCCCCCCCCC(=O)O.[NaH]. The molecule has 0 aromatic carbocycles. The van der Waals surface area contributed by atoms with Crippen LogP contribution in [-0.4, -0.2) is 40.6 Å². The van der Waals surface area contributed by atoms with Crippen molar-refractivity contribution < 1.29 is 9.90 Å². The van der Waals surface area contributed by atoms with Crippen molar-refractivity contribution in [1.29, 1.82) is 0 Å². The van der Waals surface area contributed by atoms with Crippen molar-refractivity contribution in [3.05, 3.63) is 0 Å².